The van der Waals surface area contributed by atoms with Crippen LogP contribution in [0.15, 0.2) is 0 Å². The van der Waals surface area contributed by atoms with Crippen LogP contribution in [0.3, 0.4) is 0 Å². The fraction of sp³-hybridized carbons (Fsp3) is 0.793. The minimum Gasteiger partial charge on any atom is -0.481 e. The Hall–Kier alpha value is -3.38. The van der Waals surface area contributed by atoms with Gasteiger partial charge in [0.15, 0.2) is 0 Å². The lowest BCUT2D eigenvalue weighted by Crippen LogP contribution is -2.61. The van der Waals surface area contributed by atoms with Crippen LogP contribution in [0.2, 0.25) is 0 Å². The Bertz CT molecular complexity index is 963. The van der Waals surface area contributed by atoms with Crippen molar-refractivity contribution in [2.45, 2.75) is 118 Å². The number of rotatable bonds is 14. The number of carboxylic acid groups (broad SMARTS) is 1. The predicted octanol–water partition coefficient (Wildman–Crippen LogP) is 1.51. The van der Waals surface area contributed by atoms with E-state index in [0.717, 1.165) is 12.8 Å². The highest BCUT2D eigenvalue weighted by molar-refractivity contribution is 5.97. The second kappa shape index (κ2) is 16.3. The van der Waals surface area contributed by atoms with Crippen LogP contribution in [-0.4, -0.2) is 89.4 Å². The van der Waals surface area contributed by atoms with E-state index >= 15 is 0 Å². The molecule has 0 aliphatic carbocycles. The molecule has 1 saturated heterocycles. The van der Waals surface area contributed by atoms with Gasteiger partial charge in [0.2, 0.25) is 23.6 Å². The molecule has 42 heavy (non-hydrogen) atoms. The molecular formula is C29H52N6O7. The van der Waals surface area contributed by atoms with E-state index in [0.29, 0.717) is 25.9 Å². The van der Waals surface area contributed by atoms with Crippen molar-refractivity contribution in [3.63, 3.8) is 0 Å². The van der Waals surface area contributed by atoms with Crippen molar-refractivity contribution >= 4 is 35.6 Å². The summed E-state index contributed by atoms with van der Waals surface area (Å²) >= 11 is 0. The molecule has 0 bridgehead atoms. The Balaban J connectivity index is 3.22. The fourth-order valence-corrected chi connectivity index (χ4v) is 4.39. The van der Waals surface area contributed by atoms with Crippen LogP contribution in [0.4, 0.5) is 4.79 Å². The summed E-state index contributed by atoms with van der Waals surface area (Å²) in [6, 6.07) is -4.54. The van der Waals surface area contributed by atoms with Crippen molar-refractivity contribution < 1.29 is 33.9 Å². The van der Waals surface area contributed by atoms with Crippen molar-refractivity contribution in [1.29, 1.82) is 0 Å². The zero-order valence-corrected chi connectivity index (χ0v) is 26.5. The minimum atomic E-state index is -1.43. The van der Waals surface area contributed by atoms with Crippen molar-refractivity contribution in [2.24, 2.45) is 10.8 Å². The predicted molar refractivity (Wildman–Crippen MR) is 158 cm³/mol. The normalized spacial score (nSPS) is 15.8. The molecule has 1 heterocycles. The minimum absolute atomic E-state index is 0.0825. The van der Waals surface area contributed by atoms with Gasteiger partial charge in [-0.25, -0.2) is 4.79 Å². The van der Waals surface area contributed by atoms with Gasteiger partial charge in [0.1, 0.15) is 18.1 Å². The van der Waals surface area contributed by atoms with Crippen LogP contribution in [0.1, 0.15) is 93.9 Å². The number of hydrogen-bond acceptors (Lipinski definition) is 6. The van der Waals surface area contributed by atoms with Gasteiger partial charge in [0.05, 0.1) is 12.8 Å². The number of carbonyl (C=O) groups excluding carboxylic acids is 5. The first-order valence-electron chi connectivity index (χ1n) is 14.8. The first kappa shape index (κ1) is 36.6. The van der Waals surface area contributed by atoms with Gasteiger partial charge in [-0.05, 0) is 36.5 Å². The quantitative estimate of drug-likeness (QED) is 0.175. The maximum absolute atomic E-state index is 13.5. The van der Waals surface area contributed by atoms with Crippen LogP contribution in [0.25, 0.3) is 0 Å². The van der Waals surface area contributed by atoms with Crippen LogP contribution in [0.5, 0.6) is 0 Å². The molecule has 13 nitrogen and oxygen atoms in total. The Morgan fingerprint density at radius 3 is 1.74 bits per heavy atom. The maximum atomic E-state index is 13.5. The highest BCUT2D eigenvalue weighted by Crippen LogP contribution is 2.20. The summed E-state index contributed by atoms with van der Waals surface area (Å²) in [7, 11) is 0. The Morgan fingerprint density at radius 1 is 0.738 bits per heavy atom. The second-order valence-electron chi connectivity index (χ2n) is 13.2. The van der Waals surface area contributed by atoms with E-state index in [9.17, 15) is 33.9 Å². The summed E-state index contributed by atoms with van der Waals surface area (Å²) in [5.41, 5.74) is -1.06. The third-order valence-corrected chi connectivity index (χ3v) is 7.00. The van der Waals surface area contributed by atoms with Crippen molar-refractivity contribution in [3.8, 4) is 0 Å². The zero-order valence-electron chi connectivity index (χ0n) is 26.5. The van der Waals surface area contributed by atoms with E-state index in [1.807, 2.05) is 34.6 Å². The van der Waals surface area contributed by atoms with Crippen LogP contribution < -0.4 is 26.6 Å². The zero-order chi connectivity index (χ0) is 32.3. The topological polar surface area (TPSA) is 186 Å². The van der Waals surface area contributed by atoms with Gasteiger partial charge >= 0.3 is 12.0 Å². The van der Waals surface area contributed by atoms with Crippen molar-refractivity contribution in [1.82, 2.24) is 31.5 Å². The lowest BCUT2D eigenvalue weighted by molar-refractivity contribution is -0.142. The molecule has 0 saturated carbocycles. The molecule has 0 radical (unpaired) electrons. The molecule has 0 unspecified atom stereocenters. The summed E-state index contributed by atoms with van der Waals surface area (Å²) in [4.78, 5) is 78.7. The summed E-state index contributed by atoms with van der Waals surface area (Å²) in [6.07, 6.45) is 1.98. The van der Waals surface area contributed by atoms with Crippen molar-refractivity contribution in [3.05, 3.63) is 0 Å². The van der Waals surface area contributed by atoms with Gasteiger partial charge in [-0.2, -0.15) is 0 Å². The molecule has 240 valence electrons. The molecular weight excluding hydrogens is 544 g/mol. The molecule has 6 N–H and O–H groups in total. The molecule has 13 heteroatoms. The smallest absolute Gasteiger partial charge is 0.315 e. The average Bonchev–Trinajstić information content (AvgIpc) is 3.42. The number of amides is 6. The van der Waals surface area contributed by atoms with Gasteiger partial charge in [-0.1, -0.05) is 55.4 Å². The van der Waals surface area contributed by atoms with Gasteiger partial charge < -0.3 is 36.6 Å². The average molecular weight is 597 g/mol. The number of carboxylic acids is 1. The van der Waals surface area contributed by atoms with Crippen LogP contribution in [-0.2, 0) is 24.0 Å². The molecule has 0 aromatic heterocycles. The molecule has 1 rings (SSSR count). The number of carbonyl (C=O) groups is 6. The molecule has 0 aromatic rings. The first-order valence-corrected chi connectivity index (χ1v) is 14.8. The van der Waals surface area contributed by atoms with Gasteiger partial charge in [-0.15, -0.1) is 0 Å². The number of likely N-dealkylation sites (tertiary alicyclic amines) is 1. The summed E-state index contributed by atoms with van der Waals surface area (Å²) in [5, 5.41) is 22.6. The monoisotopic (exact) mass is 596 g/mol. The van der Waals surface area contributed by atoms with E-state index in [4.69, 9.17) is 0 Å². The molecule has 6 amide bonds. The number of nitrogens with zero attached hydrogens (tertiary/aromatic N) is 1. The number of aliphatic carboxylic acids is 1. The van der Waals surface area contributed by atoms with E-state index in [1.54, 1.807) is 25.7 Å². The third kappa shape index (κ3) is 13.1. The Kier molecular flexibility index (Phi) is 14.2. The standard InChI is InChI=1S/C29H52N6O7/c1-9-18(10-2)31-27(42)34-23(29(6,7)8)26(41)33-19(15-21(36)35-13-11-12-14-35)25(40)32-20(16-22(37)38)24(39)30-17-28(3,4)5/h18-20,23H,9-17H2,1-8H3,(H,30,39)(H,32,40)(H,33,41)(H,37,38)(H2,31,34,42)/t19-,20-,23+/m0/s1. The molecule has 1 aliphatic rings. The first-order chi connectivity index (χ1) is 19.4. The molecule has 1 fully saturated rings. The summed E-state index contributed by atoms with van der Waals surface area (Å²) in [6.45, 7) is 16.1. The Labute approximate surface area is 249 Å². The fourth-order valence-electron chi connectivity index (χ4n) is 4.39. The lowest BCUT2D eigenvalue weighted by Gasteiger charge is -2.32. The molecule has 3 atom stereocenters. The number of hydrogen-bond donors (Lipinski definition) is 6. The van der Waals surface area contributed by atoms with E-state index < -0.39 is 66.1 Å². The SMILES string of the molecule is CCC(CC)NC(=O)N[C@H](C(=O)N[C@@H](CC(=O)N1CCCC1)C(=O)N[C@@H](CC(=O)O)C(=O)NCC(C)(C)C)C(C)(C)C. The molecule has 0 aromatic carbocycles. The van der Waals surface area contributed by atoms with Crippen LogP contribution >= 0.6 is 0 Å². The van der Waals surface area contributed by atoms with Crippen LogP contribution in [0, 0.1) is 10.8 Å². The maximum Gasteiger partial charge on any atom is 0.315 e. The van der Waals surface area contributed by atoms with Gasteiger partial charge in [0.25, 0.3) is 0 Å². The van der Waals surface area contributed by atoms with E-state index in [1.165, 1.54) is 0 Å². The summed E-state index contributed by atoms with van der Waals surface area (Å²) in [5.74, 6) is -3.92. The second-order valence-corrected chi connectivity index (χ2v) is 13.2. The number of nitrogens with one attached hydrogen (secondary N) is 5. The van der Waals surface area contributed by atoms with Crippen molar-refractivity contribution in [2.75, 3.05) is 19.6 Å². The highest BCUT2D eigenvalue weighted by atomic mass is 16.4. The van der Waals surface area contributed by atoms with E-state index in [2.05, 4.69) is 26.6 Å². The molecule has 1 aliphatic heterocycles. The van der Waals surface area contributed by atoms with Gasteiger partial charge in [-0.3, -0.25) is 24.0 Å². The summed E-state index contributed by atoms with van der Waals surface area (Å²) < 4.78 is 0. The lowest BCUT2D eigenvalue weighted by atomic mass is 9.86. The van der Waals surface area contributed by atoms with E-state index in [-0.39, 0.29) is 23.9 Å². The third-order valence-electron chi connectivity index (χ3n) is 7.00. The Morgan fingerprint density at radius 2 is 1.26 bits per heavy atom. The highest BCUT2D eigenvalue weighted by Gasteiger charge is 2.37. The largest absolute Gasteiger partial charge is 0.481 e. The number of urea groups is 1. The van der Waals surface area contributed by atoms with Gasteiger partial charge in [0, 0.05) is 25.7 Å². The molecule has 0 spiro atoms.